The lowest BCUT2D eigenvalue weighted by molar-refractivity contribution is -0.135. The largest absolute Gasteiger partial charge is 0.358 e. The third-order valence-electron chi connectivity index (χ3n) is 3.62. The van der Waals surface area contributed by atoms with Gasteiger partial charge in [0, 0.05) is 7.05 Å². The van der Waals surface area contributed by atoms with E-state index in [9.17, 15) is 18.8 Å². The Morgan fingerprint density at radius 1 is 1.33 bits per heavy atom. The van der Waals surface area contributed by atoms with Gasteiger partial charge in [-0.25, -0.2) is 9.18 Å². The van der Waals surface area contributed by atoms with Crippen molar-refractivity contribution in [3.63, 3.8) is 0 Å². The fourth-order valence-electron chi connectivity index (χ4n) is 2.37. The maximum atomic E-state index is 13.0. The zero-order valence-electron chi connectivity index (χ0n) is 11.8. The summed E-state index contributed by atoms with van der Waals surface area (Å²) in [4.78, 5) is 36.8. The molecule has 1 heterocycles. The summed E-state index contributed by atoms with van der Waals surface area (Å²) in [5, 5.41) is 4.98. The van der Waals surface area contributed by atoms with Crippen LogP contribution in [-0.2, 0) is 15.1 Å². The smallest absolute Gasteiger partial charge is 0.325 e. The van der Waals surface area contributed by atoms with Crippen LogP contribution in [0.1, 0.15) is 18.9 Å². The number of urea groups is 1. The minimum Gasteiger partial charge on any atom is -0.358 e. The molecule has 1 fully saturated rings. The van der Waals surface area contributed by atoms with Crippen LogP contribution in [0.5, 0.6) is 0 Å². The first kappa shape index (κ1) is 15.0. The Kier molecular flexibility index (Phi) is 3.93. The molecule has 0 spiro atoms. The van der Waals surface area contributed by atoms with Crippen LogP contribution in [0.4, 0.5) is 9.18 Å². The maximum absolute atomic E-state index is 13.0. The van der Waals surface area contributed by atoms with Gasteiger partial charge < -0.3 is 10.6 Å². The highest BCUT2D eigenvalue weighted by atomic mass is 19.1. The van der Waals surface area contributed by atoms with Gasteiger partial charge in [0.05, 0.1) is 0 Å². The van der Waals surface area contributed by atoms with Gasteiger partial charge in [0.1, 0.15) is 17.9 Å². The average molecular weight is 293 g/mol. The van der Waals surface area contributed by atoms with Crippen molar-refractivity contribution in [2.45, 2.75) is 18.9 Å². The number of halogens is 1. The van der Waals surface area contributed by atoms with Gasteiger partial charge in [0.25, 0.3) is 5.91 Å². The van der Waals surface area contributed by atoms with Crippen LogP contribution in [0.3, 0.4) is 0 Å². The van der Waals surface area contributed by atoms with Gasteiger partial charge in [0.15, 0.2) is 0 Å². The van der Waals surface area contributed by atoms with Crippen molar-refractivity contribution >= 4 is 17.8 Å². The molecule has 0 saturated carbocycles. The van der Waals surface area contributed by atoms with Crippen LogP contribution in [0.15, 0.2) is 24.3 Å². The second kappa shape index (κ2) is 5.51. The number of carbonyl (C=O) groups excluding carboxylic acids is 3. The molecule has 0 aromatic heterocycles. The number of carbonyl (C=O) groups is 3. The molecule has 1 atom stereocenters. The van der Waals surface area contributed by atoms with E-state index in [0.29, 0.717) is 12.0 Å². The molecular weight excluding hydrogens is 277 g/mol. The maximum Gasteiger partial charge on any atom is 0.325 e. The van der Waals surface area contributed by atoms with Gasteiger partial charge in [-0.05, 0) is 24.1 Å². The van der Waals surface area contributed by atoms with Crippen molar-refractivity contribution in [3.8, 4) is 0 Å². The van der Waals surface area contributed by atoms with E-state index >= 15 is 0 Å². The number of nitrogens with one attached hydrogen (secondary N) is 2. The van der Waals surface area contributed by atoms with Crippen molar-refractivity contribution in [2.24, 2.45) is 0 Å². The molecule has 1 aliphatic rings. The van der Waals surface area contributed by atoms with Gasteiger partial charge in [-0.1, -0.05) is 19.1 Å². The first-order chi connectivity index (χ1) is 9.94. The Labute approximate surface area is 121 Å². The molecule has 7 heteroatoms. The lowest BCUT2D eigenvalue weighted by atomic mass is 9.87. The molecule has 1 unspecified atom stereocenters. The van der Waals surface area contributed by atoms with Crippen molar-refractivity contribution in [2.75, 3.05) is 13.6 Å². The molecule has 6 nitrogen and oxygen atoms in total. The van der Waals surface area contributed by atoms with Crippen molar-refractivity contribution in [1.82, 2.24) is 15.5 Å². The fraction of sp³-hybridized carbons (Fsp3) is 0.357. The predicted octanol–water partition coefficient (Wildman–Crippen LogP) is 0.729. The summed E-state index contributed by atoms with van der Waals surface area (Å²) >= 11 is 0. The molecule has 0 radical (unpaired) electrons. The van der Waals surface area contributed by atoms with Gasteiger partial charge in [-0.2, -0.15) is 0 Å². The summed E-state index contributed by atoms with van der Waals surface area (Å²) < 4.78 is 13.0. The standard InChI is InChI=1S/C14H16FN3O3/c1-3-14(9-4-6-10(15)7-5-9)12(20)18(13(21)17-14)8-11(19)16-2/h4-7H,3,8H2,1-2H3,(H,16,19)(H,17,21). The molecule has 1 aromatic carbocycles. The van der Waals surface area contributed by atoms with E-state index in [0.717, 1.165) is 4.90 Å². The van der Waals surface area contributed by atoms with E-state index in [-0.39, 0.29) is 6.54 Å². The number of hydrogen-bond acceptors (Lipinski definition) is 3. The summed E-state index contributed by atoms with van der Waals surface area (Å²) in [5.74, 6) is -1.38. The molecule has 4 amide bonds. The summed E-state index contributed by atoms with van der Waals surface area (Å²) in [6, 6.07) is 4.75. The number of benzene rings is 1. The average Bonchev–Trinajstić information content (AvgIpc) is 2.73. The molecule has 112 valence electrons. The lowest BCUT2D eigenvalue weighted by Gasteiger charge is -2.25. The molecule has 1 saturated heterocycles. The highest BCUT2D eigenvalue weighted by Gasteiger charge is 2.51. The predicted molar refractivity (Wildman–Crippen MR) is 72.7 cm³/mol. The number of nitrogens with zero attached hydrogens (tertiary/aromatic N) is 1. The Balaban J connectivity index is 2.37. The van der Waals surface area contributed by atoms with E-state index in [1.54, 1.807) is 6.92 Å². The zero-order valence-corrected chi connectivity index (χ0v) is 11.8. The third kappa shape index (κ3) is 2.46. The Hall–Kier alpha value is -2.44. The van der Waals surface area contributed by atoms with E-state index in [2.05, 4.69) is 10.6 Å². The third-order valence-corrected chi connectivity index (χ3v) is 3.62. The summed E-state index contributed by atoms with van der Waals surface area (Å²) in [6.07, 6.45) is 0.299. The number of rotatable bonds is 4. The highest BCUT2D eigenvalue weighted by Crippen LogP contribution is 2.32. The first-order valence-electron chi connectivity index (χ1n) is 6.55. The zero-order chi connectivity index (χ0) is 15.6. The molecule has 2 rings (SSSR count). The Morgan fingerprint density at radius 2 is 1.95 bits per heavy atom. The van der Waals surface area contributed by atoms with Crippen molar-refractivity contribution in [1.29, 1.82) is 0 Å². The van der Waals surface area contributed by atoms with Gasteiger partial charge in [0.2, 0.25) is 5.91 Å². The van der Waals surface area contributed by atoms with E-state index < -0.39 is 29.2 Å². The van der Waals surface area contributed by atoms with Crippen LogP contribution in [0.25, 0.3) is 0 Å². The number of likely N-dealkylation sites (N-methyl/N-ethyl adjacent to an activating group) is 1. The second-order valence-electron chi connectivity index (χ2n) is 4.76. The van der Waals surface area contributed by atoms with Gasteiger partial charge in [-0.3, -0.25) is 14.5 Å². The van der Waals surface area contributed by atoms with Crippen LogP contribution in [-0.4, -0.2) is 36.3 Å². The van der Waals surface area contributed by atoms with Crippen molar-refractivity contribution in [3.05, 3.63) is 35.6 Å². The minimum absolute atomic E-state index is 0.299. The molecule has 21 heavy (non-hydrogen) atoms. The van der Waals surface area contributed by atoms with Crippen LogP contribution in [0, 0.1) is 5.82 Å². The number of hydrogen-bond donors (Lipinski definition) is 2. The lowest BCUT2D eigenvalue weighted by Crippen LogP contribution is -2.44. The molecule has 0 aliphatic carbocycles. The van der Waals surface area contributed by atoms with E-state index in [1.807, 2.05) is 0 Å². The minimum atomic E-state index is -1.25. The topological polar surface area (TPSA) is 78.5 Å². The van der Waals surface area contributed by atoms with Crippen LogP contribution >= 0.6 is 0 Å². The van der Waals surface area contributed by atoms with Gasteiger partial charge in [-0.15, -0.1) is 0 Å². The molecule has 2 N–H and O–H groups in total. The second-order valence-corrected chi connectivity index (χ2v) is 4.76. The summed E-state index contributed by atoms with van der Waals surface area (Å²) in [6.45, 7) is 1.40. The fourth-order valence-corrected chi connectivity index (χ4v) is 2.37. The monoisotopic (exact) mass is 293 g/mol. The summed E-state index contributed by atoms with van der Waals surface area (Å²) in [5.41, 5.74) is -0.761. The SMILES string of the molecule is CCC1(c2ccc(F)cc2)NC(=O)N(CC(=O)NC)C1=O. The molecular formula is C14H16FN3O3. The highest BCUT2D eigenvalue weighted by molar-refractivity contribution is 6.09. The Bertz CT molecular complexity index is 588. The number of imide groups is 1. The van der Waals surface area contributed by atoms with Crippen LogP contribution in [0.2, 0.25) is 0 Å². The first-order valence-corrected chi connectivity index (χ1v) is 6.55. The molecule has 1 aromatic rings. The number of amides is 4. The van der Waals surface area contributed by atoms with Crippen LogP contribution < -0.4 is 10.6 Å². The Morgan fingerprint density at radius 3 is 2.48 bits per heavy atom. The molecule has 0 bridgehead atoms. The summed E-state index contributed by atoms with van der Waals surface area (Å²) in [7, 11) is 1.42. The normalized spacial score (nSPS) is 21.4. The van der Waals surface area contributed by atoms with Crippen molar-refractivity contribution < 1.29 is 18.8 Å². The quantitative estimate of drug-likeness (QED) is 0.803. The molecule has 1 aliphatic heterocycles. The van der Waals surface area contributed by atoms with E-state index in [1.165, 1.54) is 31.3 Å². The van der Waals surface area contributed by atoms with Gasteiger partial charge >= 0.3 is 6.03 Å². The van der Waals surface area contributed by atoms with E-state index in [4.69, 9.17) is 0 Å².